The zero-order valence-electron chi connectivity index (χ0n) is 19.0. The molecule has 0 radical (unpaired) electrons. The van der Waals surface area contributed by atoms with Gasteiger partial charge in [-0.15, -0.1) is 0 Å². The van der Waals surface area contributed by atoms with E-state index in [1.807, 2.05) is 64.9 Å². The van der Waals surface area contributed by atoms with E-state index in [0.717, 1.165) is 53.2 Å². The van der Waals surface area contributed by atoms with Crippen LogP contribution in [0.2, 0.25) is 0 Å². The smallest absolute Gasteiger partial charge is 0.243 e. The number of piperidine rings is 1. The number of benzene rings is 2. The molecule has 1 atom stereocenters. The van der Waals surface area contributed by atoms with E-state index >= 15 is 0 Å². The fourth-order valence-electron chi connectivity index (χ4n) is 4.65. The summed E-state index contributed by atoms with van der Waals surface area (Å²) in [4.78, 5) is 24.5. The van der Waals surface area contributed by atoms with Crippen molar-refractivity contribution in [3.63, 3.8) is 0 Å². The van der Waals surface area contributed by atoms with Gasteiger partial charge in [0.25, 0.3) is 0 Å². The average molecular weight is 445 g/mol. The first-order chi connectivity index (χ1) is 16.1. The Labute approximate surface area is 193 Å². The molecule has 0 N–H and O–H groups in total. The number of rotatable bonds is 6. The third kappa shape index (κ3) is 4.35. The predicted molar refractivity (Wildman–Crippen MR) is 125 cm³/mol. The topological polar surface area (TPSA) is 73.4 Å². The lowest BCUT2D eigenvalue weighted by atomic mass is 10.0. The molecule has 7 heteroatoms. The van der Waals surface area contributed by atoms with Crippen molar-refractivity contribution < 1.29 is 13.9 Å². The Hall–Kier alpha value is -3.61. The number of carbonyl (C=O) groups is 1. The maximum absolute atomic E-state index is 13.4. The van der Waals surface area contributed by atoms with E-state index in [1.165, 1.54) is 0 Å². The highest BCUT2D eigenvalue weighted by Crippen LogP contribution is 2.32. The first kappa shape index (κ1) is 21.2. The largest absolute Gasteiger partial charge is 0.497 e. The summed E-state index contributed by atoms with van der Waals surface area (Å²) >= 11 is 0. The lowest BCUT2D eigenvalue weighted by Gasteiger charge is -2.34. The number of amides is 1. The van der Waals surface area contributed by atoms with Gasteiger partial charge >= 0.3 is 0 Å². The van der Waals surface area contributed by atoms with E-state index in [1.54, 1.807) is 13.3 Å². The fourth-order valence-corrected chi connectivity index (χ4v) is 4.65. The van der Waals surface area contributed by atoms with Crippen molar-refractivity contribution in [3.8, 4) is 5.75 Å². The standard InChI is InChI=1S/C26H28N4O3/c1-18-28-22-10-3-4-11-23(22)30(18)17-25(31)29-13-6-5-12-24(29)26-27-16-21(33-26)15-19-8-7-9-20(14-19)32-2/h3-4,7-11,14,16,24H,5-6,12-13,15,17H2,1-2H3/t24-/m0/s1. The van der Waals surface area contributed by atoms with Gasteiger partial charge in [-0.25, -0.2) is 9.97 Å². The van der Waals surface area contributed by atoms with Crippen LogP contribution >= 0.6 is 0 Å². The van der Waals surface area contributed by atoms with E-state index in [9.17, 15) is 4.79 Å². The third-order valence-corrected chi connectivity index (χ3v) is 6.33. The van der Waals surface area contributed by atoms with Gasteiger partial charge in [0, 0.05) is 13.0 Å². The molecule has 4 aromatic rings. The molecule has 5 rings (SSSR count). The summed E-state index contributed by atoms with van der Waals surface area (Å²) in [5, 5.41) is 0. The van der Waals surface area contributed by atoms with Gasteiger partial charge in [-0.3, -0.25) is 4.79 Å². The second kappa shape index (κ2) is 9.10. The van der Waals surface area contributed by atoms with E-state index in [4.69, 9.17) is 9.15 Å². The third-order valence-electron chi connectivity index (χ3n) is 6.33. The van der Waals surface area contributed by atoms with Crippen molar-refractivity contribution in [2.45, 2.75) is 45.2 Å². The van der Waals surface area contributed by atoms with Crippen LogP contribution in [0.15, 0.2) is 59.1 Å². The molecule has 0 saturated carbocycles. The molecule has 33 heavy (non-hydrogen) atoms. The molecule has 0 spiro atoms. The highest BCUT2D eigenvalue weighted by molar-refractivity contribution is 5.81. The Morgan fingerprint density at radius 3 is 2.94 bits per heavy atom. The number of oxazole rings is 1. The first-order valence-corrected chi connectivity index (χ1v) is 11.4. The molecule has 3 heterocycles. The van der Waals surface area contributed by atoms with Crippen LogP contribution < -0.4 is 4.74 Å². The molecule has 0 aliphatic carbocycles. The average Bonchev–Trinajstić information content (AvgIpc) is 3.43. The number of imidazole rings is 1. The molecule has 1 aliphatic heterocycles. The van der Waals surface area contributed by atoms with Crippen LogP contribution in [0.4, 0.5) is 0 Å². The van der Waals surface area contributed by atoms with Gasteiger partial charge in [0.2, 0.25) is 11.8 Å². The van der Waals surface area contributed by atoms with Crippen LogP contribution in [0.3, 0.4) is 0 Å². The normalized spacial score (nSPS) is 16.3. The summed E-state index contributed by atoms with van der Waals surface area (Å²) in [5.41, 5.74) is 2.98. The van der Waals surface area contributed by atoms with Crippen LogP contribution in [0.25, 0.3) is 11.0 Å². The van der Waals surface area contributed by atoms with E-state index in [0.29, 0.717) is 18.9 Å². The minimum Gasteiger partial charge on any atom is -0.497 e. The summed E-state index contributed by atoms with van der Waals surface area (Å²) in [5.74, 6) is 3.13. The number of ether oxygens (including phenoxy) is 1. The molecule has 1 amide bonds. The van der Waals surface area contributed by atoms with Crippen molar-refractivity contribution in [1.29, 1.82) is 0 Å². The molecule has 0 bridgehead atoms. The van der Waals surface area contributed by atoms with Crippen LogP contribution in [-0.4, -0.2) is 39.0 Å². The van der Waals surface area contributed by atoms with Crippen molar-refractivity contribution >= 4 is 16.9 Å². The van der Waals surface area contributed by atoms with E-state index < -0.39 is 0 Å². The number of aryl methyl sites for hydroxylation is 1. The Bertz CT molecular complexity index is 1280. The van der Waals surface area contributed by atoms with E-state index in [2.05, 4.69) is 9.97 Å². The Kier molecular flexibility index (Phi) is 5.86. The molecule has 1 fully saturated rings. The lowest BCUT2D eigenvalue weighted by molar-refractivity contribution is -0.136. The van der Waals surface area contributed by atoms with Gasteiger partial charge in [0.05, 0.1) is 24.3 Å². The second-order valence-electron chi connectivity index (χ2n) is 8.53. The quantitative estimate of drug-likeness (QED) is 0.432. The molecule has 2 aromatic carbocycles. The number of para-hydroxylation sites is 2. The van der Waals surface area contributed by atoms with Gasteiger partial charge < -0.3 is 18.6 Å². The van der Waals surface area contributed by atoms with Crippen molar-refractivity contribution in [1.82, 2.24) is 19.4 Å². The molecule has 0 unspecified atom stereocenters. The first-order valence-electron chi connectivity index (χ1n) is 11.4. The number of hydrogen-bond acceptors (Lipinski definition) is 5. The maximum Gasteiger partial charge on any atom is 0.243 e. The predicted octanol–water partition coefficient (Wildman–Crippen LogP) is 4.69. The zero-order chi connectivity index (χ0) is 22.8. The lowest BCUT2D eigenvalue weighted by Crippen LogP contribution is -2.40. The molecular formula is C26H28N4O3. The number of carbonyl (C=O) groups excluding carboxylic acids is 1. The minimum atomic E-state index is -0.139. The van der Waals surface area contributed by atoms with Crippen LogP contribution in [-0.2, 0) is 17.8 Å². The molecule has 7 nitrogen and oxygen atoms in total. The molecule has 170 valence electrons. The number of fused-ring (bicyclic) bond motifs is 1. The molecule has 1 saturated heterocycles. The van der Waals surface area contributed by atoms with Gasteiger partial charge in [0.1, 0.15) is 29.9 Å². The van der Waals surface area contributed by atoms with Gasteiger partial charge in [-0.05, 0) is 56.0 Å². The van der Waals surface area contributed by atoms with Gasteiger partial charge in [0.15, 0.2) is 0 Å². The highest BCUT2D eigenvalue weighted by Gasteiger charge is 2.31. The number of methoxy groups -OCH3 is 1. The fraction of sp³-hybridized carbons (Fsp3) is 0.346. The summed E-state index contributed by atoms with van der Waals surface area (Å²) in [6.45, 7) is 2.92. The number of aromatic nitrogens is 3. The number of likely N-dealkylation sites (tertiary alicyclic amines) is 1. The van der Waals surface area contributed by atoms with Crippen LogP contribution in [0, 0.1) is 6.92 Å². The number of nitrogens with zero attached hydrogens (tertiary/aromatic N) is 4. The van der Waals surface area contributed by atoms with E-state index in [-0.39, 0.29) is 18.5 Å². The Balaban J connectivity index is 1.34. The highest BCUT2D eigenvalue weighted by atomic mass is 16.5. The monoisotopic (exact) mass is 444 g/mol. The second-order valence-corrected chi connectivity index (χ2v) is 8.53. The Morgan fingerprint density at radius 2 is 2.06 bits per heavy atom. The van der Waals surface area contributed by atoms with Crippen molar-refractivity contribution in [3.05, 3.63) is 77.8 Å². The molecule has 1 aliphatic rings. The Morgan fingerprint density at radius 1 is 1.18 bits per heavy atom. The van der Waals surface area contributed by atoms with Crippen molar-refractivity contribution in [2.75, 3.05) is 13.7 Å². The number of hydrogen-bond donors (Lipinski definition) is 0. The van der Waals surface area contributed by atoms with Crippen LogP contribution in [0.5, 0.6) is 5.75 Å². The van der Waals surface area contributed by atoms with Crippen LogP contribution in [0.1, 0.15) is 48.3 Å². The SMILES string of the molecule is COc1cccc(Cc2cnc([C@@H]3CCCCN3C(=O)Cn3c(C)nc4ccccc43)o2)c1. The van der Waals surface area contributed by atoms with Crippen molar-refractivity contribution in [2.24, 2.45) is 0 Å². The zero-order valence-corrected chi connectivity index (χ0v) is 19.0. The van der Waals surface area contributed by atoms with Gasteiger partial charge in [-0.2, -0.15) is 0 Å². The summed E-state index contributed by atoms with van der Waals surface area (Å²) in [6.07, 6.45) is 5.30. The van der Waals surface area contributed by atoms with Gasteiger partial charge in [-0.1, -0.05) is 24.3 Å². The molecule has 2 aromatic heterocycles. The minimum absolute atomic E-state index is 0.0681. The summed E-state index contributed by atoms with van der Waals surface area (Å²) in [6, 6.07) is 15.7. The summed E-state index contributed by atoms with van der Waals surface area (Å²) in [7, 11) is 1.66. The maximum atomic E-state index is 13.4. The summed E-state index contributed by atoms with van der Waals surface area (Å²) < 4.78 is 13.5. The molecular weight excluding hydrogens is 416 g/mol.